The third-order valence-electron chi connectivity index (χ3n) is 3.44. The van der Waals surface area contributed by atoms with Gasteiger partial charge in [0.25, 0.3) is 0 Å². The lowest BCUT2D eigenvalue weighted by molar-refractivity contribution is 0.582. The van der Waals surface area contributed by atoms with E-state index < -0.39 is 0 Å². The minimum absolute atomic E-state index is 0.562. The van der Waals surface area contributed by atoms with Crippen LogP contribution in [0.2, 0.25) is 0 Å². The number of fused-ring (bicyclic) bond motifs is 1. The predicted octanol–water partition coefficient (Wildman–Crippen LogP) is 2.61. The molecule has 0 bridgehead atoms. The molecule has 1 fully saturated rings. The van der Waals surface area contributed by atoms with Gasteiger partial charge in [0.1, 0.15) is 0 Å². The van der Waals surface area contributed by atoms with Crippen LogP contribution >= 0.6 is 0 Å². The topological polar surface area (TPSA) is 24.1 Å². The molecule has 1 aliphatic heterocycles. The summed E-state index contributed by atoms with van der Waals surface area (Å²) in [5, 5.41) is 7.10. The van der Waals surface area contributed by atoms with Gasteiger partial charge >= 0.3 is 0 Å². The second-order valence-corrected chi connectivity index (χ2v) is 4.76. The molecule has 2 N–H and O–H groups in total. The van der Waals surface area contributed by atoms with Crippen LogP contribution in [0.15, 0.2) is 18.2 Å². The van der Waals surface area contributed by atoms with E-state index in [4.69, 9.17) is 0 Å². The van der Waals surface area contributed by atoms with Crippen molar-refractivity contribution >= 4 is 11.4 Å². The van der Waals surface area contributed by atoms with Crippen LogP contribution in [-0.4, -0.2) is 13.1 Å². The van der Waals surface area contributed by atoms with Crippen molar-refractivity contribution in [3.05, 3.63) is 23.8 Å². The van der Waals surface area contributed by atoms with E-state index in [1.165, 1.54) is 29.8 Å². The molecule has 1 spiro atoms. The van der Waals surface area contributed by atoms with Crippen LogP contribution in [0.3, 0.4) is 0 Å². The highest BCUT2D eigenvalue weighted by Gasteiger charge is 2.43. The molecular formula is C12H16N2. The second-order valence-electron chi connectivity index (χ2n) is 4.76. The van der Waals surface area contributed by atoms with Crippen LogP contribution in [0.25, 0.3) is 0 Å². The Hall–Kier alpha value is -1.18. The van der Waals surface area contributed by atoms with Gasteiger partial charge in [-0.15, -0.1) is 0 Å². The molecule has 0 aromatic heterocycles. The summed E-state index contributed by atoms with van der Waals surface area (Å²) in [6, 6.07) is 6.57. The first kappa shape index (κ1) is 8.16. The third kappa shape index (κ3) is 1.26. The highest BCUT2D eigenvalue weighted by atomic mass is 15.0. The third-order valence-corrected chi connectivity index (χ3v) is 3.44. The molecule has 1 aliphatic carbocycles. The van der Waals surface area contributed by atoms with E-state index in [0.717, 1.165) is 13.1 Å². The van der Waals surface area contributed by atoms with Crippen molar-refractivity contribution in [1.82, 2.24) is 0 Å². The molecule has 0 radical (unpaired) electrons. The first-order valence-corrected chi connectivity index (χ1v) is 5.36. The molecule has 0 amide bonds. The summed E-state index contributed by atoms with van der Waals surface area (Å²) >= 11 is 0. The van der Waals surface area contributed by atoms with E-state index in [-0.39, 0.29) is 0 Å². The zero-order valence-electron chi connectivity index (χ0n) is 8.56. The maximum Gasteiger partial charge on any atom is 0.0578 e. The van der Waals surface area contributed by atoms with Crippen molar-refractivity contribution in [2.24, 2.45) is 5.41 Å². The quantitative estimate of drug-likeness (QED) is 0.654. The summed E-state index contributed by atoms with van der Waals surface area (Å²) in [5.41, 5.74) is 4.42. The van der Waals surface area contributed by atoms with E-state index in [1.807, 2.05) is 0 Å². The predicted molar refractivity (Wildman–Crippen MR) is 59.8 cm³/mol. The summed E-state index contributed by atoms with van der Waals surface area (Å²) in [6.45, 7) is 4.41. The van der Waals surface area contributed by atoms with Gasteiger partial charge in [-0.05, 0) is 37.5 Å². The van der Waals surface area contributed by atoms with Crippen LogP contribution in [0.5, 0.6) is 0 Å². The Morgan fingerprint density at radius 3 is 2.50 bits per heavy atom. The molecule has 74 valence electrons. The Balaban J connectivity index is 1.93. The van der Waals surface area contributed by atoms with Crippen LogP contribution in [0, 0.1) is 12.3 Å². The Labute approximate surface area is 84.7 Å². The van der Waals surface area contributed by atoms with Gasteiger partial charge in [-0.25, -0.2) is 0 Å². The minimum Gasteiger partial charge on any atom is -0.383 e. The Morgan fingerprint density at radius 2 is 1.79 bits per heavy atom. The summed E-state index contributed by atoms with van der Waals surface area (Å²) in [7, 11) is 0. The molecule has 1 heterocycles. The molecule has 2 aliphatic rings. The van der Waals surface area contributed by atoms with E-state index in [2.05, 4.69) is 35.8 Å². The number of aryl methyl sites for hydroxylation is 1. The maximum absolute atomic E-state index is 3.56. The molecule has 1 aromatic carbocycles. The molecule has 2 nitrogen and oxygen atoms in total. The van der Waals surface area contributed by atoms with Gasteiger partial charge in [-0.1, -0.05) is 6.07 Å². The fourth-order valence-electron chi connectivity index (χ4n) is 2.12. The normalized spacial score (nSPS) is 21.8. The average Bonchev–Trinajstić information content (AvgIpc) is 2.96. The van der Waals surface area contributed by atoms with Crippen molar-refractivity contribution in [3.63, 3.8) is 0 Å². The SMILES string of the molecule is Cc1ccc2c(c1)NCC1(CC1)CN2. The van der Waals surface area contributed by atoms with Crippen molar-refractivity contribution in [3.8, 4) is 0 Å². The molecule has 3 rings (SSSR count). The van der Waals surface area contributed by atoms with Gasteiger partial charge in [-0.3, -0.25) is 0 Å². The molecule has 0 unspecified atom stereocenters. The first-order valence-electron chi connectivity index (χ1n) is 5.36. The van der Waals surface area contributed by atoms with Crippen molar-refractivity contribution in [1.29, 1.82) is 0 Å². The number of benzene rings is 1. The fraction of sp³-hybridized carbons (Fsp3) is 0.500. The molecule has 0 atom stereocenters. The number of rotatable bonds is 0. The molecule has 1 aromatic rings. The standard InChI is InChI=1S/C12H16N2/c1-9-2-3-10-11(6-9)14-8-12(4-5-12)7-13-10/h2-3,6,13-14H,4-5,7-8H2,1H3. The van der Waals surface area contributed by atoms with Gasteiger partial charge in [-0.2, -0.15) is 0 Å². The second kappa shape index (κ2) is 2.66. The summed E-state index contributed by atoms with van der Waals surface area (Å²) < 4.78 is 0. The Bertz CT molecular complexity index is 367. The highest BCUT2D eigenvalue weighted by molar-refractivity contribution is 5.70. The van der Waals surface area contributed by atoms with E-state index >= 15 is 0 Å². The highest BCUT2D eigenvalue weighted by Crippen LogP contribution is 2.47. The lowest BCUT2D eigenvalue weighted by atomic mass is 10.1. The van der Waals surface area contributed by atoms with Gasteiger partial charge in [0.05, 0.1) is 11.4 Å². The maximum atomic E-state index is 3.56. The first-order chi connectivity index (χ1) is 6.77. The number of nitrogens with one attached hydrogen (secondary N) is 2. The molecule has 2 heteroatoms. The molecular weight excluding hydrogens is 172 g/mol. The zero-order valence-corrected chi connectivity index (χ0v) is 8.56. The van der Waals surface area contributed by atoms with Gasteiger partial charge in [0.2, 0.25) is 0 Å². The summed E-state index contributed by atoms with van der Waals surface area (Å²) in [5.74, 6) is 0. The molecule has 14 heavy (non-hydrogen) atoms. The Morgan fingerprint density at radius 1 is 1.07 bits per heavy atom. The van der Waals surface area contributed by atoms with Crippen LogP contribution < -0.4 is 10.6 Å². The van der Waals surface area contributed by atoms with Gasteiger partial charge < -0.3 is 10.6 Å². The minimum atomic E-state index is 0.562. The van der Waals surface area contributed by atoms with E-state index in [0.29, 0.717) is 5.41 Å². The van der Waals surface area contributed by atoms with Crippen LogP contribution in [0.4, 0.5) is 11.4 Å². The smallest absolute Gasteiger partial charge is 0.0578 e. The number of anilines is 2. The van der Waals surface area contributed by atoms with Crippen molar-refractivity contribution in [2.45, 2.75) is 19.8 Å². The lowest BCUT2D eigenvalue weighted by Gasteiger charge is -2.10. The largest absolute Gasteiger partial charge is 0.383 e. The monoisotopic (exact) mass is 188 g/mol. The molecule has 0 saturated heterocycles. The van der Waals surface area contributed by atoms with Crippen molar-refractivity contribution < 1.29 is 0 Å². The van der Waals surface area contributed by atoms with E-state index in [1.54, 1.807) is 0 Å². The summed E-state index contributed by atoms with van der Waals surface area (Å²) in [6.07, 6.45) is 2.75. The lowest BCUT2D eigenvalue weighted by Crippen LogP contribution is -2.19. The summed E-state index contributed by atoms with van der Waals surface area (Å²) in [4.78, 5) is 0. The fourth-order valence-corrected chi connectivity index (χ4v) is 2.12. The average molecular weight is 188 g/mol. The number of hydrogen-bond donors (Lipinski definition) is 2. The Kier molecular flexibility index (Phi) is 1.55. The van der Waals surface area contributed by atoms with Gasteiger partial charge in [0.15, 0.2) is 0 Å². The van der Waals surface area contributed by atoms with E-state index in [9.17, 15) is 0 Å². The van der Waals surface area contributed by atoms with Crippen molar-refractivity contribution in [2.75, 3.05) is 23.7 Å². The van der Waals surface area contributed by atoms with Crippen LogP contribution in [0.1, 0.15) is 18.4 Å². The number of hydrogen-bond acceptors (Lipinski definition) is 2. The zero-order chi connectivity index (χ0) is 9.60. The molecule has 1 saturated carbocycles. The van der Waals surface area contributed by atoms with Crippen LogP contribution in [-0.2, 0) is 0 Å². The van der Waals surface area contributed by atoms with Gasteiger partial charge in [0, 0.05) is 18.5 Å².